The number of nitrogen functional groups attached to an aromatic ring is 1. The summed E-state index contributed by atoms with van der Waals surface area (Å²) in [5.74, 6) is 1.34. The predicted molar refractivity (Wildman–Crippen MR) is 78.9 cm³/mol. The van der Waals surface area contributed by atoms with Gasteiger partial charge < -0.3 is 20.7 Å². The number of thiophene rings is 1. The third-order valence-electron chi connectivity index (χ3n) is 2.97. The zero-order valence-electron chi connectivity index (χ0n) is 11.0. The summed E-state index contributed by atoms with van der Waals surface area (Å²) in [5, 5.41) is 7.30. The van der Waals surface area contributed by atoms with Gasteiger partial charge in [0.2, 0.25) is 17.8 Å². The molecule has 1 aliphatic rings. The molecule has 3 rings (SSSR count). The summed E-state index contributed by atoms with van der Waals surface area (Å²) >= 11 is 1.66. The van der Waals surface area contributed by atoms with E-state index in [1.54, 1.807) is 11.3 Å². The van der Waals surface area contributed by atoms with Crippen LogP contribution in [-0.2, 0) is 11.3 Å². The van der Waals surface area contributed by atoms with E-state index in [9.17, 15) is 0 Å². The number of nitrogens with zero attached hydrogens (tertiary/aromatic N) is 4. The van der Waals surface area contributed by atoms with Crippen molar-refractivity contribution in [3.8, 4) is 0 Å². The van der Waals surface area contributed by atoms with Crippen LogP contribution in [0.4, 0.5) is 17.8 Å². The highest BCUT2D eigenvalue weighted by Crippen LogP contribution is 2.14. The number of nitrogens with two attached hydrogens (primary N) is 1. The highest BCUT2D eigenvalue weighted by molar-refractivity contribution is 7.07. The normalized spacial score (nSPS) is 15.3. The molecule has 0 spiro atoms. The zero-order chi connectivity index (χ0) is 13.8. The first-order valence-corrected chi connectivity index (χ1v) is 7.35. The Labute approximate surface area is 120 Å². The van der Waals surface area contributed by atoms with Gasteiger partial charge in [0, 0.05) is 19.6 Å². The maximum Gasteiger partial charge on any atom is 0.232 e. The fourth-order valence-electron chi connectivity index (χ4n) is 1.94. The Morgan fingerprint density at radius 3 is 2.90 bits per heavy atom. The van der Waals surface area contributed by atoms with Crippen molar-refractivity contribution in [2.75, 3.05) is 42.3 Å². The molecule has 2 aromatic rings. The Balaban J connectivity index is 1.72. The summed E-state index contributed by atoms with van der Waals surface area (Å²) in [5.41, 5.74) is 6.95. The summed E-state index contributed by atoms with van der Waals surface area (Å²) in [6.45, 7) is 3.59. The number of nitrogens with one attached hydrogen (secondary N) is 1. The van der Waals surface area contributed by atoms with Crippen LogP contribution in [0.5, 0.6) is 0 Å². The zero-order valence-corrected chi connectivity index (χ0v) is 11.8. The highest BCUT2D eigenvalue weighted by Gasteiger charge is 2.15. The topological polar surface area (TPSA) is 89.2 Å². The SMILES string of the molecule is Nc1nc(NCc2ccsc2)nc(N2CCOCC2)n1. The van der Waals surface area contributed by atoms with Gasteiger partial charge in [-0.25, -0.2) is 0 Å². The molecule has 1 fully saturated rings. The second kappa shape index (κ2) is 6.02. The number of anilines is 3. The van der Waals surface area contributed by atoms with Crippen LogP contribution in [-0.4, -0.2) is 41.3 Å². The molecule has 0 saturated carbocycles. The van der Waals surface area contributed by atoms with Gasteiger partial charge in [-0.05, 0) is 22.4 Å². The van der Waals surface area contributed by atoms with Crippen LogP contribution in [0.1, 0.15) is 5.56 Å². The van der Waals surface area contributed by atoms with Crippen molar-refractivity contribution in [3.05, 3.63) is 22.4 Å². The molecule has 2 aromatic heterocycles. The van der Waals surface area contributed by atoms with Gasteiger partial charge in [-0.3, -0.25) is 0 Å². The van der Waals surface area contributed by atoms with Crippen LogP contribution >= 0.6 is 11.3 Å². The highest BCUT2D eigenvalue weighted by atomic mass is 32.1. The van der Waals surface area contributed by atoms with Crippen LogP contribution in [0.25, 0.3) is 0 Å². The monoisotopic (exact) mass is 292 g/mol. The number of ether oxygens (including phenoxy) is 1. The average Bonchev–Trinajstić information content (AvgIpc) is 2.99. The molecule has 0 radical (unpaired) electrons. The quantitative estimate of drug-likeness (QED) is 0.867. The van der Waals surface area contributed by atoms with E-state index in [-0.39, 0.29) is 5.95 Å². The maximum absolute atomic E-state index is 5.76. The number of morpholine rings is 1. The largest absolute Gasteiger partial charge is 0.378 e. The van der Waals surface area contributed by atoms with E-state index >= 15 is 0 Å². The molecule has 0 amide bonds. The van der Waals surface area contributed by atoms with Gasteiger partial charge in [0.25, 0.3) is 0 Å². The van der Waals surface area contributed by atoms with E-state index in [1.165, 1.54) is 5.56 Å². The van der Waals surface area contributed by atoms with Crippen molar-refractivity contribution in [1.29, 1.82) is 0 Å². The third kappa shape index (κ3) is 3.14. The molecule has 1 aliphatic heterocycles. The third-order valence-corrected chi connectivity index (χ3v) is 3.70. The Morgan fingerprint density at radius 1 is 1.30 bits per heavy atom. The molecule has 0 unspecified atom stereocenters. The fraction of sp³-hybridized carbons (Fsp3) is 0.417. The second-order valence-corrected chi connectivity index (χ2v) is 5.18. The second-order valence-electron chi connectivity index (χ2n) is 4.40. The lowest BCUT2D eigenvalue weighted by molar-refractivity contribution is 0.122. The summed E-state index contributed by atoms with van der Waals surface area (Å²) in [6, 6.07) is 2.06. The van der Waals surface area contributed by atoms with Gasteiger partial charge in [0.1, 0.15) is 0 Å². The van der Waals surface area contributed by atoms with E-state index in [4.69, 9.17) is 10.5 Å². The Bertz CT molecular complexity index is 555. The molecule has 7 nitrogen and oxygen atoms in total. The lowest BCUT2D eigenvalue weighted by Gasteiger charge is -2.26. The lowest BCUT2D eigenvalue weighted by atomic mass is 10.3. The first-order valence-electron chi connectivity index (χ1n) is 6.40. The van der Waals surface area contributed by atoms with Crippen molar-refractivity contribution >= 4 is 29.2 Å². The van der Waals surface area contributed by atoms with Crippen molar-refractivity contribution < 1.29 is 4.74 Å². The summed E-state index contributed by atoms with van der Waals surface area (Å²) in [6.07, 6.45) is 0. The van der Waals surface area contributed by atoms with Gasteiger partial charge in [-0.2, -0.15) is 26.3 Å². The lowest BCUT2D eigenvalue weighted by Crippen LogP contribution is -2.37. The minimum atomic E-state index is 0.231. The molecule has 3 heterocycles. The molecule has 1 saturated heterocycles. The van der Waals surface area contributed by atoms with E-state index < -0.39 is 0 Å². The molecule has 20 heavy (non-hydrogen) atoms. The maximum atomic E-state index is 5.76. The molecule has 0 bridgehead atoms. The van der Waals surface area contributed by atoms with Crippen LogP contribution in [0.2, 0.25) is 0 Å². The number of hydrogen-bond acceptors (Lipinski definition) is 8. The Kier molecular flexibility index (Phi) is 3.93. The molecular formula is C12H16N6OS. The van der Waals surface area contributed by atoms with E-state index in [0.717, 1.165) is 13.1 Å². The summed E-state index contributed by atoms with van der Waals surface area (Å²) in [7, 11) is 0. The minimum absolute atomic E-state index is 0.231. The number of aromatic nitrogens is 3. The van der Waals surface area contributed by atoms with E-state index in [0.29, 0.717) is 31.7 Å². The van der Waals surface area contributed by atoms with Crippen molar-refractivity contribution in [1.82, 2.24) is 15.0 Å². The van der Waals surface area contributed by atoms with Crippen LogP contribution < -0.4 is 16.0 Å². The number of hydrogen-bond donors (Lipinski definition) is 2. The first kappa shape index (κ1) is 13.1. The van der Waals surface area contributed by atoms with Crippen LogP contribution in [0, 0.1) is 0 Å². The molecule has 3 N–H and O–H groups in total. The van der Waals surface area contributed by atoms with Crippen molar-refractivity contribution in [2.24, 2.45) is 0 Å². The van der Waals surface area contributed by atoms with Crippen LogP contribution in [0.15, 0.2) is 16.8 Å². The average molecular weight is 292 g/mol. The Hall–Kier alpha value is -1.93. The van der Waals surface area contributed by atoms with Gasteiger partial charge in [0.05, 0.1) is 13.2 Å². The fourth-order valence-corrected chi connectivity index (χ4v) is 2.61. The minimum Gasteiger partial charge on any atom is -0.378 e. The molecule has 0 aliphatic carbocycles. The van der Waals surface area contributed by atoms with Crippen molar-refractivity contribution in [2.45, 2.75) is 6.54 Å². The van der Waals surface area contributed by atoms with Crippen LogP contribution in [0.3, 0.4) is 0 Å². The molecule has 8 heteroatoms. The number of rotatable bonds is 4. The predicted octanol–water partition coefficient (Wildman–Crippen LogP) is 0.964. The van der Waals surface area contributed by atoms with E-state index in [2.05, 4.69) is 36.6 Å². The Morgan fingerprint density at radius 2 is 2.15 bits per heavy atom. The van der Waals surface area contributed by atoms with Gasteiger partial charge in [-0.15, -0.1) is 0 Å². The van der Waals surface area contributed by atoms with E-state index in [1.807, 2.05) is 5.38 Å². The molecule has 106 valence electrons. The molecule has 0 atom stereocenters. The standard InChI is InChI=1S/C12H16N6OS/c13-10-15-11(14-7-9-1-6-20-8-9)17-12(16-10)18-2-4-19-5-3-18/h1,6,8H,2-5,7H2,(H3,13,14,15,16,17). The smallest absolute Gasteiger partial charge is 0.232 e. The van der Waals surface area contributed by atoms with Gasteiger partial charge in [-0.1, -0.05) is 0 Å². The van der Waals surface area contributed by atoms with Gasteiger partial charge in [0.15, 0.2) is 0 Å². The van der Waals surface area contributed by atoms with Gasteiger partial charge >= 0.3 is 0 Å². The molecule has 0 aromatic carbocycles. The summed E-state index contributed by atoms with van der Waals surface area (Å²) in [4.78, 5) is 14.8. The summed E-state index contributed by atoms with van der Waals surface area (Å²) < 4.78 is 5.32. The van der Waals surface area contributed by atoms with Crippen molar-refractivity contribution in [3.63, 3.8) is 0 Å². The first-order chi connectivity index (χ1) is 9.81. The molecular weight excluding hydrogens is 276 g/mol.